The Morgan fingerprint density at radius 1 is 1.37 bits per heavy atom. The highest BCUT2D eigenvalue weighted by Gasteiger charge is 2.40. The molecular formula is C16H22O3. The highest BCUT2D eigenvalue weighted by molar-refractivity contribution is 5.91. The van der Waals surface area contributed by atoms with E-state index in [-0.39, 0.29) is 11.6 Å². The molecule has 1 aliphatic rings. The molecule has 19 heavy (non-hydrogen) atoms. The second-order valence-corrected chi connectivity index (χ2v) is 5.43. The van der Waals surface area contributed by atoms with Crippen LogP contribution >= 0.6 is 0 Å². The van der Waals surface area contributed by atoms with Crippen molar-refractivity contribution >= 4 is 5.97 Å². The number of hydrogen-bond acceptors (Lipinski definition) is 3. The fraction of sp³-hybridized carbons (Fsp3) is 0.562. The molecule has 2 rings (SSSR count). The summed E-state index contributed by atoms with van der Waals surface area (Å²) in [5, 5.41) is 0. The SMILES string of the molecule is CCCCCc1ccccc1C(=O)OCC1(C)CO1. The fourth-order valence-electron chi connectivity index (χ4n) is 2.01. The Labute approximate surface area is 114 Å². The number of unbranched alkanes of at least 4 members (excludes halogenated alkanes) is 2. The average Bonchev–Trinajstić information content (AvgIpc) is 3.15. The van der Waals surface area contributed by atoms with E-state index in [0.717, 1.165) is 18.4 Å². The monoisotopic (exact) mass is 262 g/mol. The quantitative estimate of drug-likeness (QED) is 0.429. The Bertz CT molecular complexity index is 435. The lowest BCUT2D eigenvalue weighted by Crippen LogP contribution is -2.19. The van der Waals surface area contributed by atoms with E-state index in [0.29, 0.717) is 18.8 Å². The van der Waals surface area contributed by atoms with Gasteiger partial charge in [-0.15, -0.1) is 0 Å². The van der Waals surface area contributed by atoms with Gasteiger partial charge in [0.15, 0.2) is 0 Å². The third-order valence-corrected chi connectivity index (χ3v) is 3.43. The van der Waals surface area contributed by atoms with Crippen LogP contribution in [0.5, 0.6) is 0 Å². The molecule has 0 aliphatic carbocycles. The standard InChI is InChI=1S/C16H22O3/c1-3-4-5-8-13-9-6-7-10-14(13)15(17)18-11-16(2)12-19-16/h6-7,9-10H,3-5,8,11-12H2,1-2H3. The number of benzene rings is 1. The van der Waals surface area contributed by atoms with Gasteiger partial charge in [0.05, 0.1) is 12.2 Å². The number of epoxide rings is 1. The second-order valence-electron chi connectivity index (χ2n) is 5.43. The van der Waals surface area contributed by atoms with Gasteiger partial charge in [0.1, 0.15) is 12.2 Å². The van der Waals surface area contributed by atoms with Crippen molar-refractivity contribution in [1.29, 1.82) is 0 Å². The van der Waals surface area contributed by atoms with E-state index in [9.17, 15) is 4.79 Å². The molecule has 0 spiro atoms. The zero-order valence-electron chi connectivity index (χ0n) is 11.8. The van der Waals surface area contributed by atoms with E-state index < -0.39 is 0 Å². The van der Waals surface area contributed by atoms with Crippen LogP contribution in [0.3, 0.4) is 0 Å². The minimum absolute atomic E-state index is 0.233. The van der Waals surface area contributed by atoms with E-state index in [4.69, 9.17) is 9.47 Å². The van der Waals surface area contributed by atoms with E-state index in [1.54, 1.807) is 0 Å². The first kappa shape index (κ1) is 14.1. The van der Waals surface area contributed by atoms with E-state index in [2.05, 4.69) is 6.92 Å². The van der Waals surface area contributed by atoms with Crippen LogP contribution in [0.2, 0.25) is 0 Å². The van der Waals surface area contributed by atoms with Crippen LogP contribution in [0.25, 0.3) is 0 Å². The Balaban J connectivity index is 1.95. The molecule has 0 bridgehead atoms. The summed E-state index contributed by atoms with van der Waals surface area (Å²) in [6, 6.07) is 7.72. The summed E-state index contributed by atoms with van der Waals surface area (Å²) in [7, 11) is 0. The van der Waals surface area contributed by atoms with Gasteiger partial charge in [0.2, 0.25) is 0 Å². The Hall–Kier alpha value is -1.35. The van der Waals surface area contributed by atoms with Gasteiger partial charge in [-0.1, -0.05) is 38.0 Å². The molecule has 0 radical (unpaired) electrons. The van der Waals surface area contributed by atoms with Crippen LogP contribution in [0, 0.1) is 0 Å². The largest absolute Gasteiger partial charge is 0.459 e. The predicted octanol–water partition coefficient (Wildman–Crippen LogP) is 3.37. The number of esters is 1. The molecule has 1 aromatic carbocycles. The third-order valence-electron chi connectivity index (χ3n) is 3.43. The lowest BCUT2D eigenvalue weighted by molar-refractivity contribution is 0.0409. The lowest BCUT2D eigenvalue weighted by atomic mass is 10.0. The summed E-state index contributed by atoms with van der Waals surface area (Å²) in [4.78, 5) is 12.1. The zero-order chi connectivity index (χ0) is 13.7. The molecule has 1 aromatic rings. The fourth-order valence-corrected chi connectivity index (χ4v) is 2.01. The van der Waals surface area contributed by atoms with E-state index in [1.807, 2.05) is 31.2 Å². The topological polar surface area (TPSA) is 38.8 Å². The maximum atomic E-state index is 12.1. The van der Waals surface area contributed by atoms with Crippen LogP contribution < -0.4 is 0 Å². The maximum absolute atomic E-state index is 12.1. The number of ether oxygens (including phenoxy) is 2. The first-order chi connectivity index (χ1) is 9.14. The molecule has 0 saturated carbocycles. The van der Waals surface area contributed by atoms with Crippen LogP contribution in [-0.2, 0) is 15.9 Å². The summed E-state index contributed by atoms with van der Waals surface area (Å²) in [6.45, 7) is 5.15. The van der Waals surface area contributed by atoms with Crippen molar-refractivity contribution in [3.05, 3.63) is 35.4 Å². The van der Waals surface area contributed by atoms with Gasteiger partial charge in [-0.3, -0.25) is 0 Å². The zero-order valence-corrected chi connectivity index (χ0v) is 11.8. The van der Waals surface area contributed by atoms with Crippen LogP contribution in [-0.4, -0.2) is 24.8 Å². The minimum atomic E-state index is -0.243. The molecule has 1 atom stereocenters. The molecule has 104 valence electrons. The summed E-state index contributed by atoms with van der Waals surface area (Å²) in [6.07, 6.45) is 4.42. The van der Waals surface area contributed by atoms with Gasteiger partial charge >= 0.3 is 5.97 Å². The van der Waals surface area contributed by atoms with Gasteiger partial charge in [-0.05, 0) is 31.4 Å². The third kappa shape index (κ3) is 4.06. The van der Waals surface area contributed by atoms with Crippen LogP contribution in [0.1, 0.15) is 49.0 Å². The van der Waals surface area contributed by atoms with Crippen LogP contribution in [0.15, 0.2) is 24.3 Å². The number of hydrogen-bond donors (Lipinski definition) is 0. The van der Waals surface area contributed by atoms with Crippen molar-refractivity contribution in [2.75, 3.05) is 13.2 Å². The number of rotatable bonds is 7. The second kappa shape index (κ2) is 6.20. The van der Waals surface area contributed by atoms with Gasteiger partial charge in [-0.2, -0.15) is 0 Å². The first-order valence-electron chi connectivity index (χ1n) is 7.03. The molecule has 1 unspecified atom stereocenters. The molecule has 1 aliphatic heterocycles. The molecule has 3 heteroatoms. The molecule has 3 nitrogen and oxygen atoms in total. The number of carbonyl (C=O) groups is 1. The highest BCUT2D eigenvalue weighted by Crippen LogP contribution is 2.26. The van der Waals surface area contributed by atoms with Crippen molar-refractivity contribution in [2.45, 2.75) is 45.1 Å². The van der Waals surface area contributed by atoms with Gasteiger partial charge < -0.3 is 9.47 Å². The van der Waals surface area contributed by atoms with E-state index in [1.165, 1.54) is 12.8 Å². The Morgan fingerprint density at radius 3 is 2.79 bits per heavy atom. The maximum Gasteiger partial charge on any atom is 0.338 e. The van der Waals surface area contributed by atoms with Gasteiger partial charge in [0.25, 0.3) is 0 Å². The van der Waals surface area contributed by atoms with Crippen LogP contribution in [0.4, 0.5) is 0 Å². The number of aryl methyl sites for hydroxylation is 1. The highest BCUT2D eigenvalue weighted by atomic mass is 16.6. The summed E-state index contributed by atoms with van der Waals surface area (Å²) in [5.74, 6) is -0.233. The minimum Gasteiger partial charge on any atom is -0.459 e. The van der Waals surface area contributed by atoms with Crippen molar-refractivity contribution < 1.29 is 14.3 Å². The summed E-state index contributed by atoms with van der Waals surface area (Å²) >= 11 is 0. The van der Waals surface area contributed by atoms with Crippen molar-refractivity contribution in [3.63, 3.8) is 0 Å². The summed E-state index contributed by atoms with van der Waals surface area (Å²) in [5.41, 5.74) is 1.54. The molecule has 0 amide bonds. The Morgan fingerprint density at radius 2 is 2.11 bits per heavy atom. The lowest BCUT2D eigenvalue weighted by Gasteiger charge is -2.11. The molecule has 1 heterocycles. The normalized spacial score (nSPS) is 21.2. The van der Waals surface area contributed by atoms with Crippen molar-refractivity contribution in [1.82, 2.24) is 0 Å². The van der Waals surface area contributed by atoms with Gasteiger partial charge in [-0.25, -0.2) is 4.79 Å². The van der Waals surface area contributed by atoms with E-state index >= 15 is 0 Å². The average molecular weight is 262 g/mol. The smallest absolute Gasteiger partial charge is 0.338 e. The Kier molecular flexibility index (Phi) is 4.59. The predicted molar refractivity (Wildman–Crippen MR) is 74.3 cm³/mol. The van der Waals surface area contributed by atoms with Gasteiger partial charge in [0, 0.05) is 0 Å². The molecule has 1 fully saturated rings. The summed E-state index contributed by atoms with van der Waals surface area (Å²) < 4.78 is 10.6. The van der Waals surface area contributed by atoms with Crippen molar-refractivity contribution in [3.8, 4) is 0 Å². The molecule has 0 aromatic heterocycles. The number of carbonyl (C=O) groups excluding carboxylic acids is 1. The molecular weight excluding hydrogens is 240 g/mol. The molecule has 1 saturated heterocycles. The molecule has 0 N–H and O–H groups in total. The first-order valence-corrected chi connectivity index (χ1v) is 7.03. The van der Waals surface area contributed by atoms with Crippen molar-refractivity contribution in [2.24, 2.45) is 0 Å².